The molecule has 0 bridgehead atoms. The summed E-state index contributed by atoms with van der Waals surface area (Å²) in [5, 5.41) is 36.1. The van der Waals surface area contributed by atoms with Crippen molar-refractivity contribution < 1.29 is 43.8 Å². The van der Waals surface area contributed by atoms with Crippen LogP contribution in [0.15, 0.2) is 84.9 Å². The van der Waals surface area contributed by atoms with Crippen molar-refractivity contribution in [3.63, 3.8) is 0 Å². The van der Waals surface area contributed by atoms with E-state index in [9.17, 15) is 43.8 Å². The van der Waals surface area contributed by atoms with Gasteiger partial charge < -0.3 is 47.0 Å². The van der Waals surface area contributed by atoms with Crippen LogP contribution in [-0.2, 0) is 48.0 Å². The summed E-state index contributed by atoms with van der Waals surface area (Å²) in [5.74, 6) is -4.60. The lowest BCUT2D eigenvalue weighted by Crippen LogP contribution is -2.60. The number of hydrogen-bond acceptors (Lipinski definition) is 8. The van der Waals surface area contributed by atoms with Crippen molar-refractivity contribution in [2.45, 2.75) is 115 Å². The first-order valence-corrected chi connectivity index (χ1v) is 21.3. The number of carbonyl (C=O) groups is 7. The van der Waals surface area contributed by atoms with Gasteiger partial charge in [-0.05, 0) is 86.6 Å². The number of rotatable bonds is 13. The Hall–Kier alpha value is -6.45. The summed E-state index contributed by atoms with van der Waals surface area (Å²) in [4.78, 5) is 96.8. The van der Waals surface area contributed by atoms with E-state index in [0.29, 0.717) is 37.7 Å². The van der Waals surface area contributed by atoms with Gasteiger partial charge >= 0.3 is 12.0 Å². The van der Waals surface area contributed by atoms with E-state index in [1.807, 2.05) is 37.3 Å². The second-order valence-electron chi connectivity index (χ2n) is 15.9. The number of aryl methyl sites for hydroxylation is 2. The molecule has 62 heavy (non-hydrogen) atoms. The van der Waals surface area contributed by atoms with Crippen molar-refractivity contribution in [1.29, 1.82) is 0 Å². The van der Waals surface area contributed by atoms with Crippen molar-refractivity contribution in [3.05, 3.63) is 102 Å². The van der Waals surface area contributed by atoms with Crippen LogP contribution in [0, 0.1) is 5.92 Å². The monoisotopic (exact) mass is 855 g/mol. The summed E-state index contributed by atoms with van der Waals surface area (Å²) in [6.45, 7) is 5.30. The van der Waals surface area contributed by atoms with Crippen molar-refractivity contribution >= 4 is 41.5 Å². The Morgan fingerprint density at radius 3 is 1.95 bits per heavy atom. The second kappa shape index (κ2) is 24.1. The maximum Gasteiger partial charge on any atom is 0.326 e. The van der Waals surface area contributed by atoms with Crippen LogP contribution in [-0.4, -0.2) is 106 Å². The number of nitrogens with zero attached hydrogens (tertiary/aromatic N) is 1. The number of amides is 7. The molecule has 1 aliphatic rings. The topological polar surface area (TPSA) is 235 Å². The zero-order valence-corrected chi connectivity index (χ0v) is 35.9. The van der Waals surface area contributed by atoms with Crippen molar-refractivity contribution in [2.75, 3.05) is 13.6 Å². The smallest absolute Gasteiger partial charge is 0.326 e. The van der Waals surface area contributed by atoms with E-state index < -0.39 is 83.7 Å². The van der Waals surface area contributed by atoms with Gasteiger partial charge in [-0.25, -0.2) is 9.59 Å². The molecule has 7 amide bonds. The third-order valence-corrected chi connectivity index (χ3v) is 11.3. The molecule has 16 nitrogen and oxygen atoms in total. The predicted molar refractivity (Wildman–Crippen MR) is 233 cm³/mol. The van der Waals surface area contributed by atoms with Gasteiger partial charge in [0.25, 0.3) is 0 Å². The fourth-order valence-corrected chi connectivity index (χ4v) is 7.06. The molecule has 1 heterocycles. The number of aliphatic carboxylic acids is 1. The highest BCUT2D eigenvalue weighted by atomic mass is 16.4. The van der Waals surface area contributed by atoms with Gasteiger partial charge in [-0.3, -0.25) is 24.0 Å². The van der Waals surface area contributed by atoms with E-state index in [1.54, 1.807) is 49.4 Å². The molecule has 0 spiro atoms. The van der Waals surface area contributed by atoms with Crippen molar-refractivity contribution in [1.82, 2.24) is 36.8 Å². The lowest BCUT2D eigenvalue weighted by molar-refractivity contribution is -0.142. The zero-order valence-electron chi connectivity index (χ0n) is 35.9. The SMILES string of the molecule is CCC(C)C1NC(=O)C(NC(=O)NC(Cc2ccccc2)C(=O)O)CCCCNC(=O)C(CCc2ccccc2)NC(=O)C(C)N(C)C(=O)C(CCc2ccc(O)cc2)NC1=O. The molecule has 1 aliphatic heterocycles. The number of phenolic OH excluding ortho intramolecular Hbond substituents is 1. The molecule has 7 atom stereocenters. The van der Waals surface area contributed by atoms with Gasteiger partial charge in [0.05, 0.1) is 0 Å². The number of carbonyl (C=O) groups excluding carboxylic acids is 6. The fourth-order valence-electron chi connectivity index (χ4n) is 7.06. The molecule has 3 aromatic carbocycles. The number of carboxylic acids is 1. The normalized spacial score (nSPS) is 22.0. The molecule has 7 unspecified atom stereocenters. The van der Waals surface area contributed by atoms with Gasteiger partial charge in [0.15, 0.2) is 0 Å². The molecule has 334 valence electrons. The summed E-state index contributed by atoms with van der Waals surface area (Å²) in [7, 11) is 1.44. The first-order chi connectivity index (χ1) is 29.7. The van der Waals surface area contributed by atoms with E-state index in [1.165, 1.54) is 31.0 Å². The molecular weight excluding hydrogens is 795 g/mol. The Labute approximate surface area is 363 Å². The van der Waals surface area contributed by atoms with E-state index in [0.717, 1.165) is 11.1 Å². The minimum Gasteiger partial charge on any atom is -0.508 e. The summed E-state index contributed by atoms with van der Waals surface area (Å²) in [6, 6.07) is 16.9. The van der Waals surface area contributed by atoms with Crippen LogP contribution in [0.4, 0.5) is 4.79 Å². The van der Waals surface area contributed by atoms with Crippen LogP contribution in [0.5, 0.6) is 5.75 Å². The summed E-state index contributed by atoms with van der Waals surface area (Å²) in [6.07, 6.45) is 2.32. The summed E-state index contributed by atoms with van der Waals surface area (Å²) >= 11 is 0. The lowest BCUT2D eigenvalue weighted by atomic mass is 9.96. The molecule has 1 fully saturated rings. The average Bonchev–Trinajstić information content (AvgIpc) is 3.27. The van der Waals surface area contributed by atoms with Crippen LogP contribution in [0.3, 0.4) is 0 Å². The van der Waals surface area contributed by atoms with E-state index in [-0.39, 0.29) is 38.0 Å². The van der Waals surface area contributed by atoms with Gasteiger partial charge in [0, 0.05) is 20.0 Å². The number of urea groups is 1. The molecular formula is C46H61N7O9. The first-order valence-electron chi connectivity index (χ1n) is 21.3. The van der Waals surface area contributed by atoms with E-state index >= 15 is 0 Å². The highest BCUT2D eigenvalue weighted by Crippen LogP contribution is 2.16. The molecule has 0 radical (unpaired) electrons. The van der Waals surface area contributed by atoms with Crippen molar-refractivity contribution in [3.8, 4) is 5.75 Å². The van der Waals surface area contributed by atoms with Crippen LogP contribution in [0.1, 0.15) is 76.0 Å². The minimum absolute atomic E-state index is 0.0101. The number of phenols is 1. The first kappa shape index (κ1) is 48.2. The highest BCUT2D eigenvalue weighted by molar-refractivity contribution is 5.96. The van der Waals surface area contributed by atoms with Crippen LogP contribution in [0.25, 0.3) is 0 Å². The Morgan fingerprint density at radius 1 is 0.758 bits per heavy atom. The summed E-state index contributed by atoms with van der Waals surface area (Å²) < 4.78 is 0. The quantitative estimate of drug-likeness (QED) is 0.126. The van der Waals surface area contributed by atoms with Crippen molar-refractivity contribution in [2.24, 2.45) is 5.92 Å². The number of hydrogen-bond donors (Lipinski definition) is 8. The van der Waals surface area contributed by atoms with E-state index in [2.05, 4.69) is 31.9 Å². The Balaban J connectivity index is 1.64. The van der Waals surface area contributed by atoms with Gasteiger partial charge in [-0.2, -0.15) is 0 Å². The molecule has 1 saturated heterocycles. The largest absolute Gasteiger partial charge is 0.508 e. The second-order valence-corrected chi connectivity index (χ2v) is 15.9. The Bertz CT molecular complexity index is 1970. The van der Waals surface area contributed by atoms with Gasteiger partial charge in [-0.1, -0.05) is 93.1 Å². The van der Waals surface area contributed by atoms with Crippen LogP contribution in [0.2, 0.25) is 0 Å². The molecule has 0 aromatic heterocycles. The maximum absolute atomic E-state index is 14.3. The molecule has 0 saturated carbocycles. The molecule has 3 aromatic rings. The third-order valence-electron chi connectivity index (χ3n) is 11.3. The predicted octanol–water partition coefficient (Wildman–Crippen LogP) is 2.97. The average molecular weight is 856 g/mol. The fraction of sp³-hybridized carbons (Fsp3) is 0.457. The zero-order chi connectivity index (χ0) is 45.2. The Morgan fingerprint density at radius 2 is 1.34 bits per heavy atom. The molecule has 16 heteroatoms. The number of aromatic hydroxyl groups is 1. The van der Waals surface area contributed by atoms with Crippen LogP contribution >= 0.6 is 0 Å². The van der Waals surface area contributed by atoms with E-state index in [4.69, 9.17) is 0 Å². The Kier molecular flexibility index (Phi) is 18.8. The third kappa shape index (κ3) is 14.9. The summed E-state index contributed by atoms with van der Waals surface area (Å²) in [5.41, 5.74) is 2.41. The number of carboxylic acid groups (broad SMARTS) is 1. The number of nitrogens with one attached hydrogen (secondary N) is 6. The van der Waals surface area contributed by atoms with Crippen LogP contribution < -0.4 is 31.9 Å². The highest BCUT2D eigenvalue weighted by Gasteiger charge is 2.36. The number of likely N-dealkylation sites (N-methyl/N-ethyl adjacent to an activating group) is 1. The number of benzene rings is 3. The standard InChI is InChI=1S/C46H61N7O9/c1-5-29(2)39-43(58)49-37(26-22-32-19-23-34(54)24-20-32)44(59)53(4)30(3)40(55)48-36(25-21-31-14-8-6-9-15-31)41(56)47-27-13-12-18-35(42(57)52-39)50-46(62)51-38(45(60)61)28-33-16-10-7-11-17-33/h6-11,14-17,19-20,23-24,29-30,35-39,54H,5,12-13,18,21-22,25-28H2,1-4H3,(H,47,56)(H,48,55)(H,49,58)(H,52,57)(H,60,61)(H2,50,51,62). The molecule has 0 aliphatic carbocycles. The van der Waals surface area contributed by atoms with Gasteiger partial charge in [0.1, 0.15) is 42.0 Å². The maximum atomic E-state index is 14.3. The van der Waals surface area contributed by atoms with Gasteiger partial charge in [-0.15, -0.1) is 0 Å². The molecule has 4 rings (SSSR count). The minimum atomic E-state index is -1.31. The lowest BCUT2D eigenvalue weighted by Gasteiger charge is -2.32. The van der Waals surface area contributed by atoms with Gasteiger partial charge in [0.2, 0.25) is 29.5 Å². The molecule has 8 N–H and O–H groups in total.